The van der Waals surface area contributed by atoms with Crippen LogP contribution in [0, 0.1) is 5.41 Å². The normalized spacial score (nSPS) is 33.1. The van der Waals surface area contributed by atoms with E-state index < -0.39 is 0 Å². The molecule has 1 aromatic rings. The molecule has 3 heteroatoms. The van der Waals surface area contributed by atoms with E-state index in [-0.39, 0.29) is 0 Å². The van der Waals surface area contributed by atoms with Gasteiger partial charge < -0.3 is 5.32 Å². The third-order valence-electron chi connectivity index (χ3n) is 4.46. The summed E-state index contributed by atoms with van der Waals surface area (Å²) in [5.74, 6) is 0.722. The quantitative estimate of drug-likeness (QED) is 0.858. The van der Waals surface area contributed by atoms with Gasteiger partial charge in [0.25, 0.3) is 0 Å². The highest BCUT2D eigenvalue weighted by Crippen LogP contribution is 2.49. The van der Waals surface area contributed by atoms with E-state index in [4.69, 9.17) is 0 Å². The highest BCUT2D eigenvalue weighted by Gasteiger charge is 2.40. The molecule has 2 atom stereocenters. The Morgan fingerprint density at radius 2 is 2.29 bits per heavy atom. The molecule has 0 radical (unpaired) electrons. The average Bonchev–Trinajstić information content (AvgIpc) is 2.74. The molecule has 92 valence electrons. The number of nitrogens with one attached hydrogen (secondary N) is 1. The Kier molecular flexibility index (Phi) is 3.22. The number of halogens is 1. The van der Waals surface area contributed by atoms with E-state index in [9.17, 15) is 0 Å². The van der Waals surface area contributed by atoms with Crippen LogP contribution in [0.1, 0.15) is 43.6 Å². The van der Waals surface area contributed by atoms with Crippen LogP contribution in [-0.2, 0) is 0 Å². The molecule has 2 heterocycles. The van der Waals surface area contributed by atoms with Crippen LogP contribution >= 0.6 is 15.9 Å². The maximum absolute atomic E-state index is 4.30. The molecule has 0 bridgehead atoms. The Labute approximate surface area is 111 Å². The molecule has 2 nitrogen and oxygen atoms in total. The number of pyridine rings is 1. The van der Waals surface area contributed by atoms with Crippen molar-refractivity contribution in [1.82, 2.24) is 10.3 Å². The molecule has 1 saturated heterocycles. The Morgan fingerprint density at radius 3 is 3.06 bits per heavy atom. The molecule has 1 aliphatic carbocycles. The monoisotopic (exact) mass is 294 g/mol. The number of rotatable bonds is 1. The smallest absolute Gasteiger partial charge is 0.0410 e. The van der Waals surface area contributed by atoms with Gasteiger partial charge in [-0.2, -0.15) is 0 Å². The summed E-state index contributed by atoms with van der Waals surface area (Å²) < 4.78 is 1.11. The zero-order valence-corrected chi connectivity index (χ0v) is 11.7. The molecule has 0 aromatic carbocycles. The third-order valence-corrected chi connectivity index (χ3v) is 4.89. The Hall–Kier alpha value is -0.410. The van der Waals surface area contributed by atoms with E-state index in [2.05, 4.69) is 32.3 Å². The lowest BCUT2D eigenvalue weighted by molar-refractivity contribution is 0.214. The largest absolute Gasteiger partial charge is 0.316 e. The average molecular weight is 295 g/mol. The van der Waals surface area contributed by atoms with Gasteiger partial charge >= 0.3 is 0 Å². The van der Waals surface area contributed by atoms with Crippen molar-refractivity contribution in [2.75, 3.05) is 13.1 Å². The van der Waals surface area contributed by atoms with Crippen molar-refractivity contribution in [3.8, 4) is 0 Å². The first-order valence-corrected chi connectivity index (χ1v) is 7.38. The molecule has 2 aliphatic rings. The molecule has 1 spiro atoms. The van der Waals surface area contributed by atoms with Crippen LogP contribution in [0.2, 0.25) is 0 Å². The fourth-order valence-corrected chi connectivity index (χ4v) is 3.94. The first kappa shape index (κ1) is 11.7. The lowest BCUT2D eigenvalue weighted by Crippen LogP contribution is -2.38. The van der Waals surface area contributed by atoms with E-state index in [1.54, 1.807) is 0 Å². The van der Waals surface area contributed by atoms with Gasteiger partial charge in [0.05, 0.1) is 0 Å². The van der Waals surface area contributed by atoms with Crippen molar-refractivity contribution in [3.63, 3.8) is 0 Å². The fourth-order valence-electron chi connectivity index (χ4n) is 3.56. The van der Waals surface area contributed by atoms with Crippen molar-refractivity contribution in [2.24, 2.45) is 5.41 Å². The van der Waals surface area contributed by atoms with E-state index in [1.165, 1.54) is 50.8 Å². The van der Waals surface area contributed by atoms with Crippen LogP contribution in [0.3, 0.4) is 0 Å². The molecule has 0 amide bonds. The summed E-state index contributed by atoms with van der Waals surface area (Å²) in [6.07, 6.45) is 10.7. The highest BCUT2D eigenvalue weighted by molar-refractivity contribution is 9.10. The van der Waals surface area contributed by atoms with E-state index in [0.717, 1.165) is 10.4 Å². The van der Waals surface area contributed by atoms with Gasteiger partial charge in [-0.25, -0.2) is 0 Å². The Balaban J connectivity index is 1.75. The van der Waals surface area contributed by atoms with Crippen molar-refractivity contribution in [1.29, 1.82) is 0 Å². The standard InChI is InChI=1S/C14H19BrN2/c15-13-6-12(8-17-9-13)11-2-4-14(7-11)3-1-5-16-10-14/h6,8-9,11,16H,1-5,7,10H2. The second-order valence-corrected chi connectivity index (χ2v) is 6.57. The van der Waals surface area contributed by atoms with Crippen LogP contribution < -0.4 is 5.32 Å². The zero-order valence-electron chi connectivity index (χ0n) is 10.1. The van der Waals surface area contributed by atoms with E-state index in [0.29, 0.717) is 5.41 Å². The van der Waals surface area contributed by atoms with Crippen LogP contribution in [0.4, 0.5) is 0 Å². The molecular weight excluding hydrogens is 276 g/mol. The summed E-state index contributed by atoms with van der Waals surface area (Å²) in [6.45, 7) is 2.44. The minimum Gasteiger partial charge on any atom is -0.316 e. The number of nitrogens with zero attached hydrogens (tertiary/aromatic N) is 1. The SMILES string of the molecule is Brc1cncc(C2CCC3(CCCNC3)C2)c1. The molecule has 2 fully saturated rings. The van der Waals surface area contributed by atoms with Gasteiger partial charge in [0.1, 0.15) is 0 Å². The number of piperidine rings is 1. The summed E-state index contributed by atoms with van der Waals surface area (Å²) in [4.78, 5) is 4.30. The first-order chi connectivity index (χ1) is 8.27. The number of hydrogen-bond acceptors (Lipinski definition) is 2. The predicted molar refractivity (Wildman–Crippen MR) is 73.1 cm³/mol. The lowest BCUT2D eigenvalue weighted by atomic mass is 9.78. The van der Waals surface area contributed by atoms with Crippen LogP contribution in [0.5, 0.6) is 0 Å². The van der Waals surface area contributed by atoms with Gasteiger partial charge in [-0.1, -0.05) is 0 Å². The van der Waals surface area contributed by atoms with E-state index in [1.807, 2.05) is 12.4 Å². The summed E-state index contributed by atoms with van der Waals surface area (Å²) >= 11 is 3.52. The molecule has 1 N–H and O–H groups in total. The number of aromatic nitrogens is 1. The Morgan fingerprint density at radius 1 is 1.35 bits per heavy atom. The zero-order chi connectivity index (χ0) is 11.7. The molecule has 17 heavy (non-hydrogen) atoms. The van der Waals surface area contributed by atoms with Gasteiger partial charge in [0, 0.05) is 23.4 Å². The summed E-state index contributed by atoms with van der Waals surface area (Å²) in [7, 11) is 0. The third kappa shape index (κ3) is 2.41. The van der Waals surface area contributed by atoms with Gasteiger partial charge in [0.15, 0.2) is 0 Å². The van der Waals surface area contributed by atoms with Crippen molar-refractivity contribution in [2.45, 2.75) is 38.0 Å². The Bertz CT molecular complexity index is 399. The molecule has 2 unspecified atom stereocenters. The van der Waals surface area contributed by atoms with E-state index >= 15 is 0 Å². The highest BCUT2D eigenvalue weighted by atomic mass is 79.9. The molecule has 1 aromatic heterocycles. The second kappa shape index (κ2) is 4.69. The molecule has 1 saturated carbocycles. The van der Waals surface area contributed by atoms with Gasteiger partial charge in [-0.05, 0) is 77.5 Å². The predicted octanol–water partition coefficient (Wildman–Crippen LogP) is 3.48. The van der Waals surface area contributed by atoms with Crippen molar-refractivity contribution < 1.29 is 0 Å². The van der Waals surface area contributed by atoms with Crippen LogP contribution in [0.25, 0.3) is 0 Å². The first-order valence-electron chi connectivity index (χ1n) is 6.59. The molecule has 1 aliphatic heterocycles. The van der Waals surface area contributed by atoms with Gasteiger partial charge in [-0.3, -0.25) is 4.98 Å². The van der Waals surface area contributed by atoms with Crippen molar-refractivity contribution in [3.05, 3.63) is 28.5 Å². The van der Waals surface area contributed by atoms with Crippen LogP contribution in [0.15, 0.2) is 22.9 Å². The minimum atomic E-state index is 0.589. The van der Waals surface area contributed by atoms with Crippen LogP contribution in [-0.4, -0.2) is 18.1 Å². The minimum absolute atomic E-state index is 0.589. The van der Waals surface area contributed by atoms with Crippen molar-refractivity contribution >= 4 is 15.9 Å². The second-order valence-electron chi connectivity index (χ2n) is 5.66. The van der Waals surface area contributed by atoms with Gasteiger partial charge in [0.2, 0.25) is 0 Å². The number of hydrogen-bond donors (Lipinski definition) is 1. The maximum Gasteiger partial charge on any atom is 0.0410 e. The maximum atomic E-state index is 4.30. The molecular formula is C14H19BrN2. The molecule has 3 rings (SSSR count). The van der Waals surface area contributed by atoms with Gasteiger partial charge in [-0.15, -0.1) is 0 Å². The summed E-state index contributed by atoms with van der Waals surface area (Å²) in [6, 6.07) is 2.24. The topological polar surface area (TPSA) is 24.9 Å². The summed E-state index contributed by atoms with van der Waals surface area (Å²) in [5, 5.41) is 3.58. The summed E-state index contributed by atoms with van der Waals surface area (Å²) in [5.41, 5.74) is 2.01. The fraction of sp³-hybridized carbons (Fsp3) is 0.643. The lowest BCUT2D eigenvalue weighted by Gasteiger charge is -2.34.